The van der Waals surface area contributed by atoms with Gasteiger partial charge < -0.3 is 0 Å². The second-order valence-electron chi connectivity index (χ2n) is 23.9. The molecule has 32 atom stereocenters. The van der Waals surface area contributed by atoms with Crippen molar-refractivity contribution in [3.63, 3.8) is 0 Å². The molecule has 32 unspecified atom stereocenters. The summed E-state index contributed by atoms with van der Waals surface area (Å²) in [5.41, 5.74) is 15.0. The van der Waals surface area contributed by atoms with E-state index in [2.05, 4.69) is 0 Å². The van der Waals surface area contributed by atoms with E-state index in [4.69, 9.17) is 0 Å². The summed E-state index contributed by atoms with van der Waals surface area (Å²) in [4.78, 5) is 0. The van der Waals surface area contributed by atoms with Gasteiger partial charge in [-0.1, -0.05) is 0 Å². The molecular weight excluding hydrogens is 468 g/mol. The Morgan fingerprint density at radius 3 is 2.08 bits per heavy atom. The number of fused-ring (bicyclic) bond motifs is 8. The van der Waals surface area contributed by atoms with Crippen molar-refractivity contribution in [3.8, 4) is 0 Å². The molecule has 0 aromatic rings. The summed E-state index contributed by atoms with van der Waals surface area (Å²) in [6, 6.07) is 0. The lowest BCUT2D eigenvalue weighted by molar-refractivity contribution is -0.996. The van der Waals surface area contributed by atoms with Crippen molar-refractivity contribution in [2.24, 2.45) is 182 Å². The third-order valence-electron chi connectivity index (χ3n) is 30.6. The van der Waals surface area contributed by atoms with E-state index in [1.807, 2.05) is 25.7 Å². The van der Waals surface area contributed by atoms with Crippen LogP contribution in [0.2, 0.25) is 0 Å². The average Bonchev–Trinajstić information content (AvgIpc) is 2.81. The Morgan fingerprint density at radius 2 is 1.15 bits per heavy atom. The highest BCUT2D eigenvalue weighted by molar-refractivity contribution is 5.92. The topological polar surface area (TPSA) is 0 Å². The van der Waals surface area contributed by atoms with Crippen molar-refractivity contribution in [1.82, 2.24) is 0 Å². The van der Waals surface area contributed by atoms with Gasteiger partial charge in [0.25, 0.3) is 0 Å². The molecule has 188 valence electrons. The Bertz CT molecular complexity index is 2080. The van der Waals surface area contributed by atoms with Crippen LogP contribution < -0.4 is 0 Å². The molecule has 0 aliphatic heterocycles. The van der Waals surface area contributed by atoms with Gasteiger partial charge in [0.1, 0.15) is 0 Å². The molecule has 24 aliphatic carbocycles. The first-order chi connectivity index (χ1) is 19.3. The summed E-state index contributed by atoms with van der Waals surface area (Å²) in [6.45, 7) is 0. The van der Waals surface area contributed by atoms with Gasteiger partial charge in [-0.25, -0.2) is 0 Å². The van der Waals surface area contributed by atoms with Crippen molar-refractivity contribution in [2.75, 3.05) is 0 Å². The second kappa shape index (κ2) is 2.47. The molecule has 0 amide bonds. The van der Waals surface area contributed by atoms with Gasteiger partial charge >= 0.3 is 0 Å². The Morgan fingerprint density at radius 1 is 0.359 bits per heavy atom. The van der Waals surface area contributed by atoms with Crippen LogP contribution in [0.5, 0.6) is 0 Å². The third kappa shape index (κ3) is 0.409. The van der Waals surface area contributed by atoms with Gasteiger partial charge in [0.15, 0.2) is 0 Å². The molecule has 0 aromatic carbocycles. The van der Waals surface area contributed by atoms with Crippen LogP contribution in [0.3, 0.4) is 0 Å². The van der Waals surface area contributed by atoms with Crippen LogP contribution in [0.25, 0.3) is 0 Å². The van der Waals surface area contributed by atoms with Crippen LogP contribution in [0.4, 0.5) is 0 Å². The summed E-state index contributed by atoms with van der Waals surface area (Å²) < 4.78 is 0. The lowest BCUT2D eigenvalue weighted by Gasteiger charge is -3.44. The van der Waals surface area contributed by atoms with Gasteiger partial charge in [0.2, 0.25) is 0 Å². The fraction of sp³-hybridized carbons (Fsp3) is 1.00. The molecule has 24 saturated carbocycles. The summed E-state index contributed by atoms with van der Waals surface area (Å²) in [6.07, 6.45) is 12.8. The Kier molecular flexibility index (Phi) is 0.929. The fourth-order valence-corrected chi connectivity index (χ4v) is 36.7. The number of rotatable bonds is 0. The Hall–Kier alpha value is 0. The van der Waals surface area contributed by atoms with E-state index in [9.17, 15) is 0 Å². The maximum Gasteiger partial charge on any atom is -0.00481 e. The normalized spacial score (nSPS) is 123. The van der Waals surface area contributed by atoms with E-state index >= 15 is 0 Å². The van der Waals surface area contributed by atoms with Crippen LogP contribution in [-0.4, -0.2) is 0 Å². The molecule has 24 fully saturated rings. The minimum Gasteiger partial charge on any atom is -0.0461 e. The molecule has 0 N–H and O–H groups in total. The largest absolute Gasteiger partial charge is 0.0461 e. The van der Waals surface area contributed by atoms with Gasteiger partial charge in [-0.15, -0.1) is 0 Å². The molecule has 14 spiro atoms. The molecule has 0 heteroatoms. The molecule has 0 bridgehead atoms. The molecule has 0 saturated heterocycles. The Balaban J connectivity index is 0.984. The molecule has 0 radical (unpaired) electrons. The lowest BCUT2D eigenvalue weighted by atomic mass is 8.58. The van der Waals surface area contributed by atoms with Gasteiger partial charge in [-0.2, -0.15) is 0 Å². The summed E-state index contributed by atoms with van der Waals surface area (Å²) in [5, 5.41) is 0. The predicted octanol–water partition coefficient (Wildman–Crippen LogP) is 4.94. The van der Waals surface area contributed by atoms with Crippen LogP contribution in [0, 0.1) is 182 Å². The zero-order chi connectivity index (χ0) is 22.3. The van der Waals surface area contributed by atoms with Crippen LogP contribution in [0.15, 0.2) is 0 Å². The highest BCUT2D eigenvalue weighted by atomic mass is 15.5. The van der Waals surface area contributed by atoms with Crippen LogP contribution >= 0.6 is 0 Å². The highest BCUT2D eigenvalue weighted by Crippen LogP contribution is 3.49. The first-order valence-corrected chi connectivity index (χ1v) is 19.3. The highest BCUT2D eigenvalue weighted by Gasteiger charge is 3.47. The van der Waals surface area contributed by atoms with Crippen LogP contribution in [0.1, 0.15) is 44.9 Å². The molecule has 0 nitrogen and oxygen atoms in total. The smallest absolute Gasteiger partial charge is 0.00481 e. The van der Waals surface area contributed by atoms with E-state index in [1.165, 1.54) is 107 Å². The quantitative estimate of drug-likeness (QED) is 0.442. The minimum absolute atomic E-state index is 1.01. The summed E-state index contributed by atoms with van der Waals surface area (Å²) in [5.74, 6) is 24.3. The number of hydrogen-bond acceptors (Lipinski definition) is 0. The van der Waals surface area contributed by atoms with Crippen molar-refractivity contribution >= 4 is 0 Å². The average molecular weight is 501 g/mol. The molecule has 0 aromatic heterocycles. The lowest BCUT2D eigenvalue weighted by Crippen LogP contribution is -3.43. The van der Waals surface area contributed by atoms with Gasteiger partial charge in [-0.3, -0.25) is 0 Å². The second-order valence-corrected chi connectivity index (χ2v) is 23.9. The Labute approximate surface area is 226 Å². The minimum atomic E-state index is 1.01. The number of hydrogen-bond donors (Lipinski definition) is 0. The van der Waals surface area contributed by atoms with E-state index in [0.717, 1.165) is 75.8 Å². The van der Waals surface area contributed by atoms with Gasteiger partial charge in [-0.05, 0) is 227 Å². The fourth-order valence-electron chi connectivity index (χ4n) is 36.7. The van der Waals surface area contributed by atoms with Crippen molar-refractivity contribution in [1.29, 1.82) is 0 Å². The first-order valence-electron chi connectivity index (χ1n) is 19.3. The van der Waals surface area contributed by atoms with Crippen LogP contribution in [-0.2, 0) is 0 Å². The first kappa shape index (κ1) is 14.7. The van der Waals surface area contributed by atoms with E-state index < -0.39 is 0 Å². The zero-order valence-corrected chi connectivity index (χ0v) is 22.3. The monoisotopic (exact) mass is 500 g/mol. The molecule has 24 aliphatic rings. The third-order valence-corrected chi connectivity index (χ3v) is 30.6. The van der Waals surface area contributed by atoms with Crippen molar-refractivity contribution in [3.05, 3.63) is 0 Å². The molecule has 39 heavy (non-hydrogen) atoms. The molecule has 0 heterocycles. The maximum atomic E-state index is 1.90. The summed E-state index contributed by atoms with van der Waals surface area (Å²) in [7, 11) is 0. The maximum absolute atomic E-state index is 1.90. The SMILES string of the molecule is C1C2CC3C24C1C1C2CC5CC67C8C9C%10CC%11C%12C%13C%14CC%15C%16CC%17(C%18C%19C8C98C%10%11C%129C%198C%188C%16%17C%15%14C%1398)C36C14C527. The van der Waals surface area contributed by atoms with Gasteiger partial charge in [0.05, 0.1) is 0 Å². The zero-order valence-electron chi connectivity index (χ0n) is 22.3. The molecular formula is C39H32. The van der Waals surface area contributed by atoms with Crippen molar-refractivity contribution in [2.45, 2.75) is 44.9 Å². The molecule has 24 rings (SSSR count). The standard InChI is InChI=1S/C39H32/c1-8-3-17-28(8)11(1)18-12-2-9-6-26-22-19-13-5-14-20-21-15-4-10-16-7-27(34(17,26)35(18,28)29(9,12)26)25-24-23(22)32(19)30(13,14)36(20)37(21)31(10,15)33(16,27)39(25,37)38(24,32)36/h8-25H,1-7H2. The van der Waals surface area contributed by atoms with E-state index in [1.54, 1.807) is 19.3 Å². The van der Waals surface area contributed by atoms with E-state index in [0.29, 0.717) is 0 Å². The predicted molar refractivity (Wildman–Crippen MR) is 129 cm³/mol. The summed E-state index contributed by atoms with van der Waals surface area (Å²) >= 11 is 0. The van der Waals surface area contributed by atoms with Gasteiger partial charge in [0, 0.05) is 0 Å². The van der Waals surface area contributed by atoms with E-state index in [-0.39, 0.29) is 0 Å². The van der Waals surface area contributed by atoms with Crippen molar-refractivity contribution < 1.29 is 0 Å².